The van der Waals surface area contributed by atoms with Crippen LogP contribution >= 0.6 is 11.8 Å². The zero-order valence-electron chi connectivity index (χ0n) is 16.1. The normalized spacial score (nSPS) is 23.8. The Balaban J connectivity index is 1.46. The molecule has 3 aliphatic rings. The Morgan fingerprint density at radius 2 is 1.97 bits per heavy atom. The van der Waals surface area contributed by atoms with E-state index in [1.807, 2.05) is 6.07 Å². The highest BCUT2D eigenvalue weighted by atomic mass is 32.2. The van der Waals surface area contributed by atoms with E-state index in [9.17, 15) is 24.3 Å². The second-order valence-corrected chi connectivity index (χ2v) is 8.37. The van der Waals surface area contributed by atoms with E-state index < -0.39 is 40.6 Å². The van der Waals surface area contributed by atoms with Crippen molar-refractivity contribution in [2.75, 3.05) is 19.5 Å². The maximum absolute atomic E-state index is 12.7. The number of carbonyl (C=O) groups excluding carboxylic acids is 3. The smallest absolute Gasteiger partial charge is 0.352 e. The summed E-state index contributed by atoms with van der Waals surface area (Å²) in [5.74, 6) is -1.94. The molecule has 158 valence electrons. The van der Waals surface area contributed by atoms with Crippen LogP contribution in [0.25, 0.3) is 0 Å². The fourth-order valence-electron chi connectivity index (χ4n) is 3.81. The number of aliphatic carboxylic acids is 1. The van der Waals surface area contributed by atoms with E-state index >= 15 is 0 Å². The molecule has 0 aromatic heterocycles. The van der Waals surface area contributed by atoms with Gasteiger partial charge in [-0.25, -0.2) is 4.79 Å². The average molecular weight is 432 g/mol. The number of nitrogens with zero attached hydrogens (tertiary/aromatic N) is 1. The van der Waals surface area contributed by atoms with Gasteiger partial charge in [0.1, 0.15) is 22.9 Å². The lowest BCUT2D eigenvalue weighted by molar-refractivity contribution is -0.151. The summed E-state index contributed by atoms with van der Waals surface area (Å²) in [6.07, 6.45) is 0.992. The van der Waals surface area contributed by atoms with Crippen molar-refractivity contribution in [2.24, 2.45) is 5.41 Å². The van der Waals surface area contributed by atoms with E-state index in [1.54, 1.807) is 24.3 Å². The number of carbonyl (C=O) groups is 4. The van der Waals surface area contributed by atoms with Crippen molar-refractivity contribution in [3.8, 4) is 5.75 Å². The number of hydrogen-bond acceptors (Lipinski definition) is 7. The first kappa shape index (κ1) is 20.3. The summed E-state index contributed by atoms with van der Waals surface area (Å²) in [6.45, 7) is -0.260. The van der Waals surface area contributed by atoms with Gasteiger partial charge in [-0.05, 0) is 30.5 Å². The molecule has 0 spiro atoms. The van der Waals surface area contributed by atoms with Crippen LogP contribution in [0.15, 0.2) is 41.6 Å². The predicted octanol–water partition coefficient (Wildman–Crippen LogP) is 0.757. The van der Waals surface area contributed by atoms with Crippen LogP contribution in [-0.4, -0.2) is 64.6 Å². The lowest BCUT2D eigenvalue weighted by Crippen LogP contribution is -2.71. The number of nitrogens with one attached hydrogen (secondary N) is 1. The lowest BCUT2D eigenvalue weighted by Gasteiger charge is -2.50. The van der Waals surface area contributed by atoms with Crippen molar-refractivity contribution in [3.63, 3.8) is 0 Å². The molecule has 1 saturated heterocycles. The Labute approximate surface area is 176 Å². The number of amides is 2. The van der Waals surface area contributed by atoms with Gasteiger partial charge in [0.25, 0.3) is 11.8 Å². The summed E-state index contributed by atoms with van der Waals surface area (Å²) < 4.78 is 10.2. The predicted molar refractivity (Wildman–Crippen MR) is 105 cm³/mol. The van der Waals surface area contributed by atoms with Crippen LogP contribution in [0, 0.1) is 5.41 Å². The molecule has 2 heterocycles. The molecule has 4 rings (SSSR count). The van der Waals surface area contributed by atoms with Gasteiger partial charge in [0.05, 0.1) is 12.5 Å². The summed E-state index contributed by atoms with van der Waals surface area (Å²) in [6, 6.07) is 7.95. The number of thioether (sulfide) groups is 1. The Morgan fingerprint density at radius 3 is 2.57 bits per heavy atom. The topological polar surface area (TPSA) is 122 Å². The molecule has 2 aliphatic heterocycles. The fourth-order valence-corrected chi connectivity index (χ4v) is 5.30. The number of hydrogen-bond donors (Lipinski definition) is 2. The van der Waals surface area contributed by atoms with Crippen LogP contribution in [0.5, 0.6) is 5.75 Å². The molecular weight excluding hydrogens is 412 g/mol. The van der Waals surface area contributed by atoms with Gasteiger partial charge < -0.3 is 19.9 Å². The molecule has 1 aromatic carbocycles. The highest BCUT2D eigenvalue weighted by Crippen LogP contribution is 2.57. The number of rotatable bonds is 7. The summed E-state index contributed by atoms with van der Waals surface area (Å²) in [5.41, 5.74) is -0.718. The van der Waals surface area contributed by atoms with Crippen LogP contribution in [0.4, 0.5) is 0 Å². The summed E-state index contributed by atoms with van der Waals surface area (Å²) in [5, 5.41) is 11.8. The van der Waals surface area contributed by atoms with E-state index in [4.69, 9.17) is 9.47 Å². The number of para-hydroxylation sites is 1. The van der Waals surface area contributed by atoms with Crippen LogP contribution in [-0.2, 0) is 23.9 Å². The molecule has 0 radical (unpaired) electrons. The van der Waals surface area contributed by atoms with Gasteiger partial charge in [-0.3, -0.25) is 19.3 Å². The van der Waals surface area contributed by atoms with Gasteiger partial charge in [-0.1, -0.05) is 18.2 Å². The number of esters is 1. The van der Waals surface area contributed by atoms with Gasteiger partial charge in [0, 0.05) is 5.75 Å². The van der Waals surface area contributed by atoms with Crippen molar-refractivity contribution in [2.45, 2.75) is 24.3 Å². The Bertz CT molecular complexity index is 942. The SMILES string of the molecule is COC(=O)C1(C2=C(C(=O)O)N3C(=O)[C@@H](NC(=O)COc4ccccc4)[C@H]3SC2)CC1. The van der Waals surface area contributed by atoms with Gasteiger partial charge in [0.2, 0.25) is 0 Å². The molecule has 2 atom stereocenters. The first-order chi connectivity index (χ1) is 14.4. The summed E-state index contributed by atoms with van der Waals surface area (Å²) in [4.78, 5) is 50.2. The molecule has 2 N–H and O–H groups in total. The molecule has 2 fully saturated rings. The minimum absolute atomic E-state index is 0.169. The number of methoxy groups -OCH3 is 1. The van der Waals surface area contributed by atoms with Crippen LogP contribution < -0.4 is 10.1 Å². The number of carboxylic acids is 1. The number of β-lactam (4-membered cyclic amide) rings is 1. The summed E-state index contributed by atoms with van der Waals surface area (Å²) in [7, 11) is 1.26. The molecule has 1 aliphatic carbocycles. The minimum atomic E-state index is -1.27. The largest absolute Gasteiger partial charge is 0.484 e. The van der Waals surface area contributed by atoms with Crippen LogP contribution in [0.1, 0.15) is 12.8 Å². The zero-order valence-corrected chi connectivity index (χ0v) is 16.9. The third kappa shape index (κ3) is 3.30. The fraction of sp³-hybridized carbons (Fsp3) is 0.400. The van der Waals surface area contributed by atoms with Crippen molar-refractivity contribution >= 4 is 35.5 Å². The number of fused-ring (bicyclic) bond motifs is 1. The Morgan fingerprint density at radius 1 is 1.27 bits per heavy atom. The first-order valence-corrected chi connectivity index (χ1v) is 10.4. The molecule has 0 bridgehead atoms. The average Bonchev–Trinajstić information content (AvgIpc) is 3.56. The molecule has 9 nitrogen and oxygen atoms in total. The second-order valence-electron chi connectivity index (χ2n) is 7.26. The van der Waals surface area contributed by atoms with Gasteiger partial charge in [-0.15, -0.1) is 11.8 Å². The Kier molecular flexibility index (Phi) is 5.19. The van der Waals surface area contributed by atoms with E-state index in [2.05, 4.69) is 5.32 Å². The number of carboxylic acid groups (broad SMARTS) is 1. The van der Waals surface area contributed by atoms with Gasteiger partial charge in [-0.2, -0.15) is 0 Å². The van der Waals surface area contributed by atoms with E-state index in [0.29, 0.717) is 24.2 Å². The van der Waals surface area contributed by atoms with Crippen molar-refractivity contribution in [1.82, 2.24) is 10.2 Å². The maximum atomic E-state index is 12.7. The molecule has 1 aromatic rings. The number of benzene rings is 1. The van der Waals surface area contributed by atoms with Gasteiger partial charge >= 0.3 is 11.9 Å². The number of ether oxygens (including phenoxy) is 2. The van der Waals surface area contributed by atoms with Crippen molar-refractivity contribution in [3.05, 3.63) is 41.6 Å². The molecule has 0 unspecified atom stereocenters. The van der Waals surface area contributed by atoms with E-state index in [0.717, 1.165) is 4.90 Å². The highest BCUT2D eigenvalue weighted by molar-refractivity contribution is 8.00. The van der Waals surface area contributed by atoms with Crippen LogP contribution in [0.2, 0.25) is 0 Å². The highest BCUT2D eigenvalue weighted by Gasteiger charge is 2.61. The van der Waals surface area contributed by atoms with Gasteiger partial charge in [0.15, 0.2) is 6.61 Å². The Hall–Kier alpha value is -3.01. The molecule has 10 heteroatoms. The van der Waals surface area contributed by atoms with Crippen molar-refractivity contribution in [1.29, 1.82) is 0 Å². The van der Waals surface area contributed by atoms with E-state index in [1.165, 1.54) is 18.9 Å². The molecular formula is C20H20N2O7S. The minimum Gasteiger partial charge on any atom is -0.484 e. The molecule has 30 heavy (non-hydrogen) atoms. The molecule has 1 saturated carbocycles. The lowest BCUT2D eigenvalue weighted by atomic mass is 9.92. The van der Waals surface area contributed by atoms with Crippen molar-refractivity contribution < 1.29 is 33.8 Å². The maximum Gasteiger partial charge on any atom is 0.352 e. The first-order valence-electron chi connectivity index (χ1n) is 9.36. The third-order valence-corrected chi connectivity index (χ3v) is 6.78. The standard InChI is InChI=1S/C20H20N2O7S/c1-28-19(27)20(7-8-20)12-10-30-17-14(16(24)22(17)15(12)18(25)26)21-13(23)9-29-11-5-3-2-4-6-11/h2-6,14,17H,7-10H2,1H3,(H,21,23)(H,25,26)/t14-,17-/m1/s1. The van der Waals surface area contributed by atoms with Crippen LogP contribution in [0.3, 0.4) is 0 Å². The monoisotopic (exact) mass is 432 g/mol. The molecule has 2 amide bonds. The third-order valence-electron chi connectivity index (χ3n) is 5.50. The quantitative estimate of drug-likeness (QED) is 0.478. The second kappa shape index (κ2) is 7.67. The zero-order chi connectivity index (χ0) is 21.5. The van der Waals surface area contributed by atoms with E-state index in [-0.39, 0.29) is 18.1 Å². The summed E-state index contributed by atoms with van der Waals surface area (Å²) >= 11 is 1.33.